The summed E-state index contributed by atoms with van der Waals surface area (Å²) in [6, 6.07) is 9.77. The molecule has 1 N–H and O–H groups in total. The van der Waals surface area contributed by atoms with Crippen molar-refractivity contribution < 1.29 is 0 Å². The molecule has 2 rings (SSSR count). The maximum Gasteiger partial charge on any atom is 0.0193 e. The van der Waals surface area contributed by atoms with E-state index in [-0.39, 0.29) is 0 Å². The van der Waals surface area contributed by atoms with Crippen molar-refractivity contribution in [2.45, 2.75) is 32.7 Å². The molecule has 0 bridgehead atoms. The SMILES string of the molecule is CCc1ccc(CCN2CCNC[C@@H]2C)cc1. The molecule has 0 radical (unpaired) electrons. The van der Waals surface area contributed by atoms with Crippen molar-refractivity contribution in [3.8, 4) is 0 Å². The largest absolute Gasteiger partial charge is 0.314 e. The third kappa shape index (κ3) is 3.55. The van der Waals surface area contributed by atoms with Gasteiger partial charge < -0.3 is 5.32 Å². The number of nitrogens with one attached hydrogen (secondary N) is 1. The minimum atomic E-state index is 0.679. The first kappa shape index (κ1) is 12.6. The fourth-order valence-corrected chi connectivity index (χ4v) is 2.43. The third-order valence-corrected chi connectivity index (χ3v) is 3.76. The number of aryl methyl sites for hydroxylation is 1. The molecule has 2 heteroatoms. The van der Waals surface area contributed by atoms with E-state index in [1.54, 1.807) is 0 Å². The highest BCUT2D eigenvalue weighted by Gasteiger charge is 2.16. The molecule has 0 aromatic heterocycles. The average Bonchev–Trinajstić information content (AvgIpc) is 2.38. The normalized spacial score (nSPS) is 21.6. The van der Waals surface area contributed by atoms with Gasteiger partial charge in [0.05, 0.1) is 0 Å². The van der Waals surface area contributed by atoms with E-state index >= 15 is 0 Å². The fourth-order valence-electron chi connectivity index (χ4n) is 2.43. The van der Waals surface area contributed by atoms with Crippen molar-refractivity contribution in [3.63, 3.8) is 0 Å². The van der Waals surface area contributed by atoms with Gasteiger partial charge in [-0.25, -0.2) is 0 Å². The van der Waals surface area contributed by atoms with E-state index in [2.05, 4.69) is 48.3 Å². The molecule has 1 heterocycles. The summed E-state index contributed by atoms with van der Waals surface area (Å²) in [6.07, 6.45) is 2.31. The highest BCUT2D eigenvalue weighted by molar-refractivity contribution is 5.22. The first-order valence-electron chi connectivity index (χ1n) is 6.82. The van der Waals surface area contributed by atoms with Crippen LogP contribution in [0.2, 0.25) is 0 Å². The summed E-state index contributed by atoms with van der Waals surface area (Å²) in [4.78, 5) is 2.59. The van der Waals surface area contributed by atoms with Crippen molar-refractivity contribution in [1.82, 2.24) is 10.2 Å². The summed E-state index contributed by atoms with van der Waals surface area (Å²) in [5.41, 5.74) is 2.90. The first-order valence-corrected chi connectivity index (χ1v) is 6.82. The molecular formula is C15H24N2. The van der Waals surface area contributed by atoms with Gasteiger partial charge in [0.2, 0.25) is 0 Å². The lowest BCUT2D eigenvalue weighted by atomic mass is 10.1. The molecule has 1 aliphatic rings. The van der Waals surface area contributed by atoms with Gasteiger partial charge in [0, 0.05) is 32.2 Å². The second kappa shape index (κ2) is 6.18. The third-order valence-electron chi connectivity index (χ3n) is 3.76. The summed E-state index contributed by atoms with van der Waals surface area (Å²) in [6.45, 7) is 9.17. The molecule has 1 aromatic carbocycles. The predicted molar refractivity (Wildman–Crippen MR) is 73.4 cm³/mol. The smallest absolute Gasteiger partial charge is 0.0193 e. The molecule has 0 saturated carbocycles. The Morgan fingerprint density at radius 3 is 2.59 bits per heavy atom. The van der Waals surface area contributed by atoms with Gasteiger partial charge in [-0.3, -0.25) is 4.90 Å². The zero-order valence-electron chi connectivity index (χ0n) is 11.1. The Morgan fingerprint density at radius 1 is 1.24 bits per heavy atom. The van der Waals surface area contributed by atoms with Crippen LogP contribution in [-0.4, -0.2) is 37.1 Å². The molecule has 1 atom stereocenters. The zero-order chi connectivity index (χ0) is 12.1. The zero-order valence-corrected chi connectivity index (χ0v) is 11.1. The maximum absolute atomic E-state index is 3.44. The van der Waals surface area contributed by atoms with Crippen molar-refractivity contribution in [2.24, 2.45) is 0 Å². The van der Waals surface area contributed by atoms with E-state index in [1.807, 2.05) is 0 Å². The van der Waals surface area contributed by atoms with Gasteiger partial charge in [0.15, 0.2) is 0 Å². The number of benzene rings is 1. The molecule has 17 heavy (non-hydrogen) atoms. The highest BCUT2D eigenvalue weighted by atomic mass is 15.2. The summed E-state index contributed by atoms with van der Waals surface area (Å²) in [5.74, 6) is 0. The van der Waals surface area contributed by atoms with Crippen LogP contribution < -0.4 is 5.32 Å². The van der Waals surface area contributed by atoms with Crippen LogP contribution in [0.5, 0.6) is 0 Å². The van der Waals surface area contributed by atoms with Crippen molar-refractivity contribution in [2.75, 3.05) is 26.2 Å². The van der Waals surface area contributed by atoms with Crippen LogP contribution in [0.4, 0.5) is 0 Å². The van der Waals surface area contributed by atoms with Gasteiger partial charge in [-0.05, 0) is 30.9 Å². The van der Waals surface area contributed by atoms with Gasteiger partial charge in [0.25, 0.3) is 0 Å². The van der Waals surface area contributed by atoms with Gasteiger partial charge >= 0.3 is 0 Å². The summed E-state index contributed by atoms with van der Waals surface area (Å²) in [5, 5.41) is 3.44. The number of rotatable bonds is 4. The second-order valence-corrected chi connectivity index (χ2v) is 5.01. The van der Waals surface area contributed by atoms with Crippen LogP contribution in [0, 0.1) is 0 Å². The summed E-state index contributed by atoms with van der Waals surface area (Å²) >= 11 is 0. The van der Waals surface area contributed by atoms with Gasteiger partial charge in [-0.2, -0.15) is 0 Å². The second-order valence-electron chi connectivity index (χ2n) is 5.01. The minimum Gasteiger partial charge on any atom is -0.314 e. The highest BCUT2D eigenvalue weighted by Crippen LogP contribution is 2.08. The number of hydrogen-bond acceptors (Lipinski definition) is 2. The van der Waals surface area contributed by atoms with Crippen LogP contribution in [0.3, 0.4) is 0 Å². The number of piperazine rings is 1. The molecule has 0 unspecified atom stereocenters. The van der Waals surface area contributed by atoms with E-state index in [0.717, 1.165) is 19.5 Å². The minimum absolute atomic E-state index is 0.679. The molecule has 1 saturated heterocycles. The van der Waals surface area contributed by atoms with Crippen LogP contribution in [0.15, 0.2) is 24.3 Å². The molecule has 1 aromatic rings. The standard InChI is InChI=1S/C15H24N2/c1-3-14-4-6-15(7-5-14)8-10-17-11-9-16-12-13(17)2/h4-7,13,16H,3,8-12H2,1-2H3/t13-/m0/s1. The topological polar surface area (TPSA) is 15.3 Å². The summed E-state index contributed by atoms with van der Waals surface area (Å²) < 4.78 is 0. The fraction of sp³-hybridized carbons (Fsp3) is 0.600. The Kier molecular flexibility index (Phi) is 4.57. The molecular weight excluding hydrogens is 208 g/mol. The summed E-state index contributed by atoms with van der Waals surface area (Å²) in [7, 11) is 0. The quantitative estimate of drug-likeness (QED) is 0.855. The van der Waals surface area contributed by atoms with Gasteiger partial charge in [-0.1, -0.05) is 31.2 Å². The van der Waals surface area contributed by atoms with Crippen molar-refractivity contribution in [3.05, 3.63) is 35.4 Å². The van der Waals surface area contributed by atoms with E-state index in [9.17, 15) is 0 Å². The molecule has 2 nitrogen and oxygen atoms in total. The first-order chi connectivity index (χ1) is 8.29. The Hall–Kier alpha value is -0.860. The monoisotopic (exact) mass is 232 g/mol. The van der Waals surface area contributed by atoms with Crippen LogP contribution in [0.1, 0.15) is 25.0 Å². The van der Waals surface area contributed by atoms with E-state index in [0.29, 0.717) is 6.04 Å². The molecule has 1 fully saturated rings. The molecule has 0 spiro atoms. The number of hydrogen-bond donors (Lipinski definition) is 1. The van der Waals surface area contributed by atoms with Gasteiger partial charge in [-0.15, -0.1) is 0 Å². The van der Waals surface area contributed by atoms with Gasteiger partial charge in [0.1, 0.15) is 0 Å². The molecule has 0 amide bonds. The van der Waals surface area contributed by atoms with Crippen molar-refractivity contribution in [1.29, 1.82) is 0 Å². The Morgan fingerprint density at radius 2 is 1.94 bits per heavy atom. The molecule has 1 aliphatic heterocycles. The average molecular weight is 232 g/mol. The lowest BCUT2D eigenvalue weighted by molar-refractivity contribution is 0.176. The van der Waals surface area contributed by atoms with Crippen LogP contribution in [0.25, 0.3) is 0 Å². The Bertz CT molecular complexity index is 331. The predicted octanol–water partition coefficient (Wildman–Crippen LogP) is 2.09. The lowest BCUT2D eigenvalue weighted by Gasteiger charge is -2.33. The van der Waals surface area contributed by atoms with Crippen LogP contribution in [-0.2, 0) is 12.8 Å². The Balaban J connectivity index is 1.84. The van der Waals surface area contributed by atoms with E-state index in [4.69, 9.17) is 0 Å². The van der Waals surface area contributed by atoms with E-state index in [1.165, 1.54) is 30.6 Å². The van der Waals surface area contributed by atoms with Crippen LogP contribution >= 0.6 is 0 Å². The molecule has 0 aliphatic carbocycles. The number of nitrogens with zero attached hydrogens (tertiary/aromatic N) is 1. The van der Waals surface area contributed by atoms with Crippen molar-refractivity contribution >= 4 is 0 Å². The van der Waals surface area contributed by atoms with E-state index < -0.39 is 0 Å². The molecule has 94 valence electrons. The Labute approximate surface area is 105 Å². The maximum atomic E-state index is 3.44. The lowest BCUT2D eigenvalue weighted by Crippen LogP contribution is -2.50.